The second-order valence-electron chi connectivity index (χ2n) is 4.31. The predicted octanol–water partition coefficient (Wildman–Crippen LogP) is 3.05. The fourth-order valence-electron chi connectivity index (χ4n) is 1.69. The van der Waals surface area contributed by atoms with Crippen LogP contribution in [-0.2, 0) is 11.2 Å². The maximum Gasteiger partial charge on any atom is 0.306 e. The Morgan fingerprint density at radius 3 is 2.71 bits per heavy atom. The van der Waals surface area contributed by atoms with Crippen LogP contribution in [0.15, 0.2) is 18.2 Å². The molecule has 0 aromatic heterocycles. The van der Waals surface area contributed by atoms with Gasteiger partial charge < -0.3 is 9.84 Å². The average molecular weight is 236 g/mol. The Labute approximate surface area is 102 Å². The van der Waals surface area contributed by atoms with E-state index in [1.54, 1.807) is 6.92 Å². The lowest BCUT2D eigenvalue weighted by molar-refractivity contribution is -0.141. The lowest BCUT2D eigenvalue weighted by Gasteiger charge is -2.10. The van der Waals surface area contributed by atoms with Crippen molar-refractivity contribution in [2.75, 3.05) is 6.61 Å². The highest BCUT2D eigenvalue weighted by Crippen LogP contribution is 2.20. The molecule has 1 aromatic rings. The molecule has 0 radical (unpaired) electrons. The number of hydrogen-bond donors (Lipinski definition) is 1. The topological polar surface area (TPSA) is 46.5 Å². The minimum atomic E-state index is -0.729. The highest BCUT2D eigenvalue weighted by atomic mass is 16.5. The summed E-state index contributed by atoms with van der Waals surface area (Å²) in [6, 6.07) is 6.03. The summed E-state index contributed by atoms with van der Waals surface area (Å²) in [4.78, 5) is 10.7. The Bertz CT molecular complexity index is 385. The lowest BCUT2D eigenvalue weighted by atomic mass is 10.00. The van der Waals surface area contributed by atoms with Crippen LogP contribution in [0.25, 0.3) is 0 Å². The van der Waals surface area contributed by atoms with E-state index in [9.17, 15) is 4.79 Å². The van der Waals surface area contributed by atoms with Gasteiger partial charge in [0.05, 0.1) is 12.5 Å². The smallest absolute Gasteiger partial charge is 0.306 e. The number of carboxylic acids is 1. The molecule has 1 N–H and O–H groups in total. The van der Waals surface area contributed by atoms with Crippen LogP contribution in [0.5, 0.6) is 5.75 Å². The first-order valence-electron chi connectivity index (χ1n) is 5.99. The number of carbonyl (C=O) groups is 1. The maximum absolute atomic E-state index is 10.7. The van der Waals surface area contributed by atoms with Crippen LogP contribution < -0.4 is 4.74 Å². The van der Waals surface area contributed by atoms with Gasteiger partial charge in [0.15, 0.2) is 0 Å². The molecular weight excluding hydrogens is 216 g/mol. The molecule has 0 spiro atoms. The summed E-state index contributed by atoms with van der Waals surface area (Å²) in [5, 5.41) is 8.81. The summed E-state index contributed by atoms with van der Waals surface area (Å²) in [6.07, 6.45) is 1.46. The third-order valence-corrected chi connectivity index (χ3v) is 2.83. The number of carboxylic acid groups (broad SMARTS) is 1. The van der Waals surface area contributed by atoms with E-state index in [0.717, 1.165) is 17.7 Å². The number of ether oxygens (including phenoxy) is 1. The van der Waals surface area contributed by atoms with Gasteiger partial charge in [0, 0.05) is 0 Å². The lowest BCUT2D eigenvalue weighted by Crippen LogP contribution is -2.10. The molecule has 0 aliphatic rings. The van der Waals surface area contributed by atoms with Gasteiger partial charge in [-0.25, -0.2) is 0 Å². The van der Waals surface area contributed by atoms with E-state index in [2.05, 4.69) is 6.07 Å². The fraction of sp³-hybridized carbons (Fsp3) is 0.500. The summed E-state index contributed by atoms with van der Waals surface area (Å²) in [7, 11) is 0. The molecule has 1 rings (SSSR count). The molecule has 0 saturated heterocycles. The quantitative estimate of drug-likeness (QED) is 0.825. The molecule has 1 unspecified atom stereocenters. The first-order chi connectivity index (χ1) is 8.04. The fourth-order valence-corrected chi connectivity index (χ4v) is 1.69. The number of rotatable bonds is 6. The van der Waals surface area contributed by atoms with E-state index < -0.39 is 5.97 Å². The van der Waals surface area contributed by atoms with Gasteiger partial charge in [0.1, 0.15) is 5.75 Å². The first kappa shape index (κ1) is 13.6. The SMILES string of the molecule is CCOc1ccc(CCC(C)C(=O)O)cc1C. The molecule has 0 aliphatic carbocycles. The van der Waals surface area contributed by atoms with Gasteiger partial charge in [0.25, 0.3) is 0 Å². The largest absolute Gasteiger partial charge is 0.494 e. The Hall–Kier alpha value is -1.51. The Balaban J connectivity index is 2.61. The van der Waals surface area contributed by atoms with Crippen molar-refractivity contribution in [2.45, 2.75) is 33.6 Å². The van der Waals surface area contributed by atoms with Crippen molar-refractivity contribution in [1.82, 2.24) is 0 Å². The monoisotopic (exact) mass is 236 g/mol. The van der Waals surface area contributed by atoms with Gasteiger partial charge in [-0.2, -0.15) is 0 Å². The van der Waals surface area contributed by atoms with E-state index >= 15 is 0 Å². The van der Waals surface area contributed by atoms with Gasteiger partial charge in [-0.3, -0.25) is 4.79 Å². The van der Waals surface area contributed by atoms with E-state index in [1.165, 1.54) is 5.56 Å². The van der Waals surface area contributed by atoms with E-state index in [4.69, 9.17) is 9.84 Å². The predicted molar refractivity (Wildman–Crippen MR) is 67.5 cm³/mol. The molecule has 94 valence electrons. The van der Waals surface area contributed by atoms with Crippen molar-refractivity contribution >= 4 is 5.97 Å². The first-order valence-corrected chi connectivity index (χ1v) is 5.99. The molecule has 3 nitrogen and oxygen atoms in total. The van der Waals surface area contributed by atoms with Crippen molar-refractivity contribution in [2.24, 2.45) is 5.92 Å². The summed E-state index contributed by atoms with van der Waals surface area (Å²) >= 11 is 0. The second-order valence-corrected chi connectivity index (χ2v) is 4.31. The van der Waals surface area contributed by atoms with Gasteiger partial charge in [-0.05, 0) is 43.9 Å². The van der Waals surface area contributed by atoms with Gasteiger partial charge >= 0.3 is 5.97 Å². The molecule has 0 amide bonds. The number of aliphatic carboxylic acids is 1. The van der Waals surface area contributed by atoms with Crippen molar-refractivity contribution in [3.63, 3.8) is 0 Å². The summed E-state index contributed by atoms with van der Waals surface area (Å²) in [5.41, 5.74) is 2.27. The summed E-state index contributed by atoms with van der Waals surface area (Å²) in [5.74, 6) is -0.114. The molecule has 0 fully saturated rings. The van der Waals surface area contributed by atoms with Crippen molar-refractivity contribution in [1.29, 1.82) is 0 Å². The molecule has 1 aromatic carbocycles. The molecule has 3 heteroatoms. The Morgan fingerprint density at radius 2 is 2.18 bits per heavy atom. The highest BCUT2D eigenvalue weighted by Gasteiger charge is 2.10. The highest BCUT2D eigenvalue weighted by molar-refractivity contribution is 5.69. The number of hydrogen-bond acceptors (Lipinski definition) is 2. The van der Waals surface area contributed by atoms with Gasteiger partial charge in [0.2, 0.25) is 0 Å². The normalized spacial score (nSPS) is 12.2. The number of benzene rings is 1. The third-order valence-electron chi connectivity index (χ3n) is 2.83. The average Bonchev–Trinajstić information content (AvgIpc) is 2.29. The molecule has 1 atom stereocenters. The van der Waals surface area contributed by atoms with E-state index in [1.807, 2.05) is 26.0 Å². The molecule has 0 saturated carbocycles. The molecule has 0 bridgehead atoms. The van der Waals surface area contributed by atoms with E-state index in [-0.39, 0.29) is 5.92 Å². The molecular formula is C14H20O3. The van der Waals surface area contributed by atoms with Crippen LogP contribution in [0.1, 0.15) is 31.4 Å². The van der Waals surface area contributed by atoms with E-state index in [0.29, 0.717) is 13.0 Å². The third kappa shape index (κ3) is 4.10. The van der Waals surface area contributed by atoms with Crippen LogP contribution in [0.4, 0.5) is 0 Å². The molecule has 17 heavy (non-hydrogen) atoms. The Morgan fingerprint density at radius 1 is 1.47 bits per heavy atom. The zero-order valence-electron chi connectivity index (χ0n) is 10.7. The van der Waals surface area contributed by atoms with Crippen molar-refractivity contribution in [3.05, 3.63) is 29.3 Å². The second kappa shape index (κ2) is 6.28. The minimum Gasteiger partial charge on any atom is -0.494 e. The maximum atomic E-state index is 10.7. The van der Waals surface area contributed by atoms with Gasteiger partial charge in [-0.1, -0.05) is 19.1 Å². The van der Waals surface area contributed by atoms with Gasteiger partial charge in [-0.15, -0.1) is 0 Å². The van der Waals surface area contributed by atoms with Crippen LogP contribution in [0.2, 0.25) is 0 Å². The summed E-state index contributed by atoms with van der Waals surface area (Å²) < 4.78 is 5.46. The molecule has 0 aliphatic heterocycles. The summed E-state index contributed by atoms with van der Waals surface area (Å²) in [6.45, 7) is 6.37. The number of aryl methyl sites for hydroxylation is 2. The van der Waals surface area contributed by atoms with Crippen LogP contribution in [0, 0.1) is 12.8 Å². The zero-order valence-corrected chi connectivity index (χ0v) is 10.7. The minimum absolute atomic E-state index is 0.290. The van der Waals surface area contributed by atoms with Crippen LogP contribution >= 0.6 is 0 Å². The molecule has 0 heterocycles. The zero-order chi connectivity index (χ0) is 12.8. The Kier molecular flexibility index (Phi) is 5.01. The van der Waals surface area contributed by atoms with Crippen LogP contribution in [-0.4, -0.2) is 17.7 Å². The van der Waals surface area contributed by atoms with Crippen molar-refractivity contribution < 1.29 is 14.6 Å². The van der Waals surface area contributed by atoms with Crippen LogP contribution in [0.3, 0.4) is 0 Å². The standard InChI is InChI=1S/C14H20O3/c1-4-17-13-8-7-12(9-11(13)3)6-5-10(2)14(15)16/h7-10H,4-6H2,1-3H3,(H,15,16). The van der Waals surface area contributed by atoms with Crippen molar-refractivity contribution in [3.8, 4) is 5.75 Å².